The third-order valence-corrected chi connectivity index (χ3v) is 7.67. The van der Waals surface area contributed by atoms with Gasteiger partial charge in [-0.2, -0.15) is 0 Å². The summed E-state index contributed by atoms with van der Waals surface area (Å²) in [5, 5.41) is 0. The second kappa shape index (κ2) is 13.4. The van der Waals surface area contributed by atoms with Gasteiger partial charge in [0.2, 0.25) is 6.10 Å². The lowest BCUT2D eigenvalue weighted by molar-refractivity contribution is -0.150. The van der Waals surface area contributed by atoms with E-state index in [4.69, 9.17) is 18.9 Å². The first kappa shape index (κ1) is 29.5. The van der Waals surface area contributed by atoms with Gasteiger partial charge < -0.3 is 18.9 Å². The second-order valence-corrected chi connectivity index (χ2v) is 10.5. The van der Waals surface area contributed by atoms with Gasteiger partial charge in [0.05, 0.1) is 17.7 Å². The molecule has 0 amide bonds. The molecular formula is C38H30O7. The first-order chi connectivity index (χ1) is 22.1. The molecule has 0 radical (unpaired) electrons. The van der Waals surface area contributed by atoms with Gasteiger partial charge in [0, 0.05) is 0 Å². The molecule has 1 aliphatic heterocycles. The van der Waals surface area contributed by atoms with E-state index in [1.165, 1.54) is 0 Å². The lowest BCUT2D eigenvalue weighted by Gasteiger charge is -2.37. The predicted octanol–water partition coefficient (Wildman–Crippen LogP) is 6.37. The van der Waals surface area contributed by atoms with Gasteiger partial charge in [-0.3, -0.25) is 0 Å². The molecule has 224 valence electrons. The Bertz CT molecular complexity index is 1630. The molecule has 0 saturated carbocycles. The molecule has 1 heterocycles. The van der Waals surface area contributed by atoms with Crippen molar-refractivity contribution in [2.45, 2.75) is 23.9 Å². The van der Waals surface area contributed by atoms with Crippen molar-refractivity contribution in [1.82, 2.24) is 0 Å². The molecule has 0 aliphatic carbocycles. The van der Waals surface area contributed by atoms with Crippen molar-refractivity contribution in [2.75, 3.05) is 6.61 Å². The van der Waals surface area contributed by atoms with Gasteiger partial charge in [-0.05, 0) is 41.0 Å². The maximum atomic E-state index is 13.3. The van der Waals surface area contributed by atoms with Crippen LogP contribution in [0.25, 0.3) is 0 Å². The van der Waals surface area contributed by atoms with Gasteiger partial charge >= 0.3 is 17.9 Å². The van der Waals surface area contributed by atoms with Crippen LogP contribution in [-0.4, -0.2) is 42.8 Å². The third-order valence-electron chi connectivity index (χ3n) is 7.67. The standard InChI is InChI=1S/C38H30O7/c39-35(27-16-6-1-7-17-27)44-33-32(43-37(41)34(33)45-36(40)28-18-8-2-9-19-28)26-42-38(29-20-10-3-11-21-29,30-22-12-4-13-23-30)31-24-14-5-15-25-31/h1-25,32-34H,26H2/t32-,33-,34-/m1/s1. The normalized spacial score (nSPS) is 17.7. The zero-order valence-corrected chi connectivity index (χ0v) is 24.2. The van der Waals surface area contributed by atoms with Gasteiger partial charge in [-0.15, -0.1) is 0 Å². The number of rotatable bonds is 10. The molecule has 0 aromatic heterocycles. The fourth-order valence-electron chi connectivity index (χ4n) is 5.49. The Labute approximate surface area is 261 Å². The number of carbonyl (C=O) groups excluding carboxylic acids is 3. The lowest BCUT2D eigenvalue weighted by atomic mass is 9.80. The first-order valence-electron chi connectivity index (χ1n) is 14.6. The van der Waals surface area contributed by atoms with Crippen LogP contribution >= 0.6 is 0 Å². The van der Waals surface area contributed by atoms with E-state index in [0.29, 0.717) is 0 Å². The van der Waals surface area contributed by atoms with Crippen LogP contribution in [0.5, 0.6) is 0 Å². The highest BCUT2D eigenvalue weighted by Gasteiger charge is 2.52. The van der Waals surface area contributed by atoms with Crippen molar-refractivity contribution in [3.8, 4) is 0 Å². The fraction of sp³-hybridized carbons (Fsp3) is 0.132. The Morgan fingerprint density at radius 1 is 0.556 bits per heavy atom. The number of hydrogen-bond donors (Lipinski definition) is 0. The Balaban J connectivity index is 1.36. The van der Waals surface area contributed by atoms with Crippen molar-refractivity contribution in [2.24, 2.45) is 0 Å². The van der Waals surface area contributed by atoms with E-state index in [2.05, 4.69) is 0 Å². The van der Waals surface area contributed by atoms with Crippen molar-refractivity contribution >= 4 is 17.9 Å². The molecule has 6 rings (SSSR count). The number of carbonyl (C=O) groups is 3. The van der Waals surface area contributed by atoms with Crippen molar-refractivity contribution < 1.29 is 33.3 Å². The highest BCUT2D eigenvalue weighted by Crippen LogP contribution is 2.41. The van der Waals surface area contributed by atoms with Crippen molar-refractivity contribution in [3.05, 3.63) is 179 Å². The highest BCUT2D eigenvalue weighted by atomic mass is 16.7. The third kappa shape index (κ3) is 6.25. The minimum absolute atomic E-state index is 0.184. The maximum Gasteiger partial charge on any atom is 0.352 e. The minimum Gasteiger partial charge on any atom is -0.453 e. The summed E-state index contributed by atoms with van der Waals surface area (Å²) in [6, 6.07) is 45.8. The van der Waals surface area contributed by atoms with Crippen LogP contribution in [0.4, 0.5) is 0 Å². The number of hydrogen-bond acceptors (Lipinski definition) is 7. The summed E-state index contributed by atoms with van der Waals surface area (Å²) < 4.78 is 24.1. The van der Waals surface area contributed by atoms with Crippen molar-refractivity contribution in [1.29, 1.82) is 0 Å². The van der Waals surface area contributed by atoms with Gasteiger partial charge in [0.1, 0.15) is 5.60 Å². The summed E-state index contributed by atoms with van der Waals surface area (Å²) in [6.45, 7) is -0.184. The number of cyclic esters (lactones) is 1. The zero-order valence-electron chi connectivity index (χ0n) is 24.2. The monoisotopic (exact) mass is 598 g/mol. The van der Waals surface area contributed by atoms with E-state index in [1.54, 1.807) is 60.7 Å². The van der Waals surface area contributed by atoms with Gasteiger partial charge in [-0.25, -0.2) is 14.4 Å². The van der Waals surface area contributed by atoms with Gasteiger partial charge in [-0.1, -0.05) is 127 Å². The smallest absolute Gasteiger partial charge is 0.352 e. The van der Waals surface area contributed by atoms with Crippen LogP contribution < -0.4 is 0 Å². The highest BCUT2D eigenvalue weighted by molar-refractivity contribution is 5.93. The van der Waals surface area contributed by atoms with Crippen LogP contribution in [-0.2, 0) is 29.3 Å². The summed E-state index contributed by atoms with van der Waals surface area (Å²) in [5.41, 5.74) is 1.93. The molecule has 0 unspecified atom stereocenters. The molecular weight excluding hydrogens is 568 g/mol. The quantitative estimate of drug-likeness (QED) is 0.105. The largest absolute Gasteiger partial charge is 0.453 e. The predicted molar refractivity (Wildman–Crippen MR) is 166 cm³/mol. The Hall–Kier alpha value is -5.53. The average Bonchev–Trinajstić information content (AvgIpc) is 3.39. The molecule has 7 heteroatoms. The van der Waals surface area contributed by atoms with Crippen LogP contribution in [0.3, 0.4) is 0 Å². The van der Waals surface area contributed by atoms with Crippen LogP contribution in [0.1, 0.15) is 37.4 Å². The SMILES string of the molecule is O=C(O[C@@H]1[C@@H](COC(c2ccccc2)(c2ccccc2)c2ccccc2)OC(=O)[C@@H]1OC(=O)c1ccccc1)c1ccccc1. The summed E-state index contributed by atoms with van der Waals surface area (Å²) in [5.74, 6) is -2.26. The van der Waals surface area contributed by atoms with E-state index >= 15 is 0 Å². The van der Waals surface area contributed by atoms with E-state index in [9.17, 15) is 14.4 Å². The average molecular weight is 599 g/mol. The Morgan fingerprint density at radius 2 is 0.933 bits per heavy atom. The lowest BCUT2D eigenvalue weighted by Crippen LogP contribution is -2.43. The van der Waals surface area contributed by atoms with E-state index in [0.717, 1.165) is 16.7 Å². The number of benzene rings is 5. The summed E-state index contributed by atoms with van der Waals surface area (Å²) in [6.07, 6.45) is -3.87. The van der Waals surface area contributed by atoms with Crippen LogP contribution in [0.2, 0.25) is 0 Å². The van der Waals surface area contributed by atoms with Gasteiger partial charge in [0.25, 0.3) is 0 Å². The topological polar surface area (TPSA) is 88.1 Å². The molecule has 1 aliphatic rings. The van der Waals surface area contributed by atoms with Crippen molar-refractivity contribution in [3.63, 3.8) is 0 Å². The fourth-order valence-corrected chi connectivity index (χ4v) is 5.49. The molecule has 7 nitrogen and oxygen atoms in total. The van der Waals surface area contributed by atoms with E-state index in [1.807, 2.05) is 91.0 Å². The van der Waals surface area contributed by atoms with E-state index in [-0.39, 0.29) is 17.7 Å². The minimum atomic E-state index is -1.50. The van der Waals surface area contributed by atoms with Gasteiger partial charge in [0.15, 0.2) is 12.2 Å². The molecule has 1 fully saturated rings. The molecule has 1 saturated heterocycles. The summed E-state index contributed by atoms with van der Waals surface area (Å²) in [7, 11) is 0. The summed E-state index contributed by atoms with van der Waals surface area (Å²) >= 11 is 0. The number of esters is 3. The number of ether oxygens (including phenoxy) is 4. The maximum absolute atomic E-state index is 13.3. The first-order valence-corrected chi connectivity index (χ1v) is 14.6. The van der Waals surface area contributed by atoms with E-state index < -0.39 is 41.8 Å². The molecule has 5 aromatic rings. The molecule has 0 spiro atoms. The molecule has 0 N–H and O–H groups in total. The molecule has 0 bridgehead atoms. The summed E-state index contributed by atoms with van der Waals surface area (Å²) in [4.78, 5) is 39.5. The Kier molecular flexibility index (Phi) is 8.80. The van der Waals surface area contributed by atoms with Crippen LogP contribution in [0.15, 0.2) is 152 Å². The molecule has 5 aromatic carbocycles. The van der Waals surface area contributed by atoms with Crippen LogP contribution in [0, 0.1) is 0 Å². The second-order valence-electron chi connectivity index (χ2n) is 10.5. The molecule has 45 heavy (non-hydrogen) atoms. The zero-order chi connectivity index (χ0) is 31.1. The Morgan fingerprint density at radius 3 is 1.36 bits per heavy atom. The molecule has 3 atom stereocenters.